The van der Waals surface area contributed by atoms with E-state index in [0.717, 1.165) is 12.4 Å². The van der Waals surface area contributed by atoms with Crippen molar-refractivity contribution in [3.8, 4) is 0 Å². The van der Waals surface area contributed by atoms with Crippen LogP contribution in [-0.2, 0) is 13.6 Å². The van der Waals surface area contributed by atoms with Crippen molar-refractivity contribution < 1.29 is 13.6 Å². The van der Waals surface area contributed by atoms with Crippen LogP contribution < -0.4 is 10.4 Å². The molecule has 0 spiro atoms. The normalized spacial score (nSPS) is 17.8. The maximum Gasteiger partial charge on any atom is 0.264 e. The fourth-order valence-corrected chi connectivity index (χ4v) is 9.87. The Balaban J connectivity index is 1.86. The Morgan fingerprint density at radius 2 is 1.30 bits per heavy atom. The van der Waals surface area contributed by atoms with Crippen molar-refractivity contribution in [2.45, 2.75) is 84.2 Å². The molecule has 0 aromatic heterocycles. The lowest BCUT2D eigenvalue weighted by Gasteiger charge is -2.43. The predicted octanol–water partition coefficient (Wildman–Crippen LogP) is 6.61. The van der Waals surface area contributed by atoms with E-state index in [1.54, 1.807) is 0 Å². The lowest BCUT2D eigenvalue weighted by atomic mass is 10.2. The van der Waals surface area contributed by atoms with Crippen molar-refractivity contribution in [3.05, 3.63) is 72.2 Å². The average Bonchev–Trinajstić information content (AvgIpc) is 3.07. The van der Waals surface area contributed by atoms with Gasteiger partial charge in [-0.3, -0.25) is 0 Å². The minimum atomic E-state index is -2.57. The van der Waals surface area contributed by atoms with Gasteiger partial charge in [-0.1, -0.05) is 102 Å². The molecule has 0 fully saturated rings. The van der Waals surface area contributed by atoms with E-state index in [9.17, 15) is 0 Å². The van der Waals surface area contributed by atoms with Crippen LogP contribution in [0.2, 0.25) is 23.2 Å². The summed E-state index contributed by atoms with van der Waals surface area (Å²) >= 11 is 0. The molecule has 0 saturated heterocycles. The van der Waals surface area contributed by atoms with Gasteiger partial charge in [0.05, 0.1) is 6.61 Å². The molecule has 1 atom stereocenters. The molecule has 3 nitrogen and oxygen atoms in total. The Hall–Kier alpha value is -1.83. The fourth-order valence-electron chi connectivity index (χ4n) is 4.29. The highest BCUT2D eigenvalue weighted by atomic mass is 28.4. The van der Waals surface area contributed by atoms with Gasteiger partial charge in [-0.05, 0) is 40.5 Å². The van der Waals surface area contributed by atoms with Gasteiger partial charge in [0, 0.05) is 12.0 Å². The molecule has 33 heavy (non-hydrogen) atoms. The van der Waals surface area contributed by atoms with Crippen LogP contribution in [0.15, 0.2) is 72.2 Å². The number of hydrogen-bond donors (Lipinski definition) is 0. The predicted molar refractivity (Wildman–Crippen MR) is 144 cm³/mol. The molecular weight excluding hydrogens is 440 g/mol. The number of ether oxygens (including phenoxy) is 1. The van der Waals surface area contributed by atoms with Gasteiger partial charge < -0.3 is 13.6 Å². The monoisotopic (exact) mass is 482 g/mol. The molecule has 1 aliphatic rings. The molecule has 0 amide bonds. The fraction of sp³-hybridized carbons (Fsp3) is 0.500. The topological polar surface area (TPSA) is 27.7 Å². The third-order valence-corrected chi connectivity index (χ3v) is 16.5. The van der Waals surface area contributed by atoms with E-state index in [4.69, 9.17) is 13.6 Å². The quantitative estimate of drug-likeness (QED) is 0.416. The molecule has 2 aromatic carbocycles. The summed E-state index contributed by atoms with van der Waals surface area (Å²) in [6.07, 6.45) is 0.828. The first-order chi connectivity index (χ1) is 15.3. The zero-order valence-corrected chi connectivity index (χ0v) is 24.0. The van der Waals surface area contributed by atoms with Crippen LogP contribution in [0.25, 0.3) is 0 Å². The summed E-state index contributed by atoms with van der Waals surface area (Å²) in [5.41, 5.74) is 1.19. The van der Waals surface area contributed by atoms with Crippen LogP contribution in [-0.4, -0.2) is 29.3 Å². The Morgan fingerprint density at radius 3 is 1.73 bits per heavy atom. The van der Waals surface area contributed by atoms with Crippen LogP contribution in [0, 0.1) is 0 Å². The Bertz CT molecular complexity index is 915. The maximum absolute atomic E-state index is 7.09. The van der Waals surface area contributed by atoms with Crippen molar-refractivity contribution in [1.29, 1.82) is 0 Å². The molecule has 5 heteroatoms. The van der Waals surface area contributed by atoms with E-state index >= 15 is 0 Å². The second-order valence-corrected chi connectivity index (χ2v) is 20.9. The lowest BCUT2D eigenvalue weighted by molar-refractivity contribution is 0.0317. The summed E-state index contributed by atoms with van der Waals surface area (Å²) in [6, 6.07) is 21.6. The molecule has 2 aromatic rings. The highest BCUT2D eigenvalue weighted by molar-refractivity contribution is 6.99. The molecule has 0 unspecified atom stereocenters. The molecule has 1 aliphatic heterocycles. The van der Waals surface area contributed by atoms with Crippen LogP contribution in [0.4, 0.5) is 0 Å². The Kier molecular flexibility index (Phi) is 7.37. The molecule has 0 saturated carbocycles. The summed E-state index contributed by atoms with van der Waals surface area (Å²) in [7, 11) is -4.52. The summed E-state index contributed by atoms with van der Waals surface area (Å²) in [5, 5.41) is 2.68. The van der Waals surface area contributed by atoms with E-state index in [1.807, 2.05) is 0 Å². The maximum atomic E-state index is 7.09. The molecule has 0 aliphatic carbocycles. The van der Waals surface area contributed by atoms with Gasteiger partial charge in [-0.25, -0.2) is 0 Å². The summed E-state index contributed by atoms with van der Waals surface area (Å²) in [6.45, 7) is 20.9. The van der Waals surface area contributed by atoms with Crippen molar-refractivity contribution in [2.75, 3.05) is 6.61 Å². The molecule has 180 valence electrons. The lowest BCUT2D eigenvalue weighted by Crippen LogP contribution is -2.67. The van der Waals surface area contributed by atoms with E-state index in [1.165, 1.54) is 15.9 Å². The van der Waals surface area contributed by atoms with Gasteiger partial charge in [0.2, 0.25) is 0 Å². The second kappa shape index (κ2) is 9.43. The third kappa shape index (κ3) is 5.31. The zero-order chi connectivity index (χ0) is 24.5. The van der Waals surface area contributed by atoms with Crippen LogP contribution in [0.5, 0.6) is 0 Å². The first-order valence-corrected chi connectivity index (χ1v) is 16.9. The minimum Gasteiger partial charge on any atom is -0.519 e. The SMILES string of the molecule is CC1=C(O[Si](C)(C)C(C)(C)C)O[C@H](CO[Si](c2ccccc2)(c2ccccc2)C(C)(C)C)C1. The standard InChI is InChI=1S/C28H42O3Si2/c1-22-20-23(30-26(22)31-32(8,9)27(2,3)4)21-29-33(28(5,6)7,24-16-12-10-13-17-24)25-18-14-11-15-19-25/h10-19,23H,20-21H2,1-9H3/t23-/m0/s1. The molecule has 3 rings (SSSR count). The van der Waals surface area contributed by atoms with E-state index in [0.29, 0.717) is 6.61 Å². The largest absolute Gasteiger partial charge is 0.519 e. The van der Waals surface area contributed by atoms with Gasteiger partial charge in [0.1, 0.15) is 6.10 Å². The molecular formula is C28H42O3Si2. The van der Waals surface area contributed by atoms with Gasteiger partial charge in [0.15, 0.2) is 0 Å². The van der Waals surface area contributed by atoms with Crippen molar-refractivity contribution in [1.82, 2.24) is 0 Å². The first kappa shape index (κ1) is 25.8. The van der Waals surface area contributed by atoms with Crippen LogP contribution >= 0.6 is 0 Å². The number of hydrogen-bond acceptors (Lipinski definition) is 3. The molecule has 0 N–H and O–H groups in total. The molecule has 0 bridgehead atoms. The van der Waals surface area contributed by atoms with Crippen molar-refractivity contribution in [3.63, 3.8) is 0 Å². The van der Waals surface area contributed by atoms with Crippen molar-refractivity contribution in [2.24, 2.45) is 0 Å². The number of rotatable bonds is 7. The van der Waals surface area contributed by atoms with Gasteiger partial charge in [-0.15, -0.1) is 0 Å². The smallest absolute Gasteiger partial charge is 0.264 e. The van der Waals surface area contributed by atoms with Gasteiger partial charge in [-0.2, -0.15) is 0 Å². The van der Waals surface area contributed by atoms with Crippen LogP contribution in [0.1, 0.15) is 54.9 Å². The van der Waals surface area contributed by atoms with E-state index in [2.05, 4.69) is 122 Å². The molecule has 1 heterocycles. The van der Waals surface area contributed by atoms with Gasteiger partial charge in [0.25, 0.3) is 22.6 Å². The average molecular weight is 483 g/mol. The number of benzene rings is 2. The zero-order valence-electron chi connectivity index (χ0n) is 22.0. The summed E-state index contributed by atoms with van der Waals surface area (Å²) in [5.74, 6) is 0.734. The first-order valence-electron chi connectivity index (χ1n) is 12.1. The van der Waals surface area contributed by atoms with Gasteiger partial charge >= 0.3 is 0 Å². The highest BCUT2D eigenvalue weighted by Gasteiger charge is 2.51. The van der Waals surface area contributed by atoms with E-state index in [-0.39, 0.29) is 16.2 Å². The van der Waals surface area contributed by atoms with Crippen molar-refractivity contribution >= 4 is 27.0 Å². The Labute approximate surface area is 203 Å². The third-order valence-electron chi connectivity index (χ3n) is 7.21. The van der Waals surface area contributed by atoms with E-state index < -0.39 is 16.6 Å². The minimum absolute atomic E-state index is 0.0218. The summed E-state index contributed by atoms with van der Waals surface area (Å²) in [4.78, 5) is 0. The molecule has 0 radical (unpaired) electrons. The highest BCUT2D eigenvalue weighted by Crippen LogP contribution is 2.41. The van der Waals surface area contributed by atoms with Crippen LogP contribution in [0.3, 0.4) is 0 Å². The second-order valence-electron chi connectivity index (χ2n) is 11.8. The Morgan fingerprint density at radius 1 is 0.818 bits per heavy atom. The summed E-state index contributed by atoms with van der Waals surface area (Å²) < 4.78 is 20.0.